The Kier molecular flexibility index (Phi) is 4.71. The number of nitro groups is 1. The molecule has 0 saturated heterocycles. The van der Waals surface area contributed by atoms with Gasteiger partial charge < -0.3 is 9.26 Å². The van der Waals surface area contributed by atoms with Crippen LogP contribution in [0.2, 0.25) is 5.02 Å². The topological polar surface area (TPSA) is 108 Å². The summed E-state index contributed by atoms with van der Waals surface area (Å²) in [5.41, 5.74) is 0.559. The predicted molar refractivity (Wildman–Crippen MR) is 87.0 cm³/mol. The van der Waals surface area contributed by atoms with Gasteiger partial charge >= 0.3 is 5.97 Å². The summed E-state index contributed by atoms with van der Waals surface area (Å²) in [6.07, 6.45) is 0. The van der Waals surface area contributed by atoms with Crippen LogP contribution < -0.4 is 0 Å². The van der Waals surface area contributed by atoms with Crippen molar-refractivity contribution in [3.63, 3.8) is 0 Å². The van der Waals surface area contributed by atoms with Crippen molar-refractivity contribution in [3.05, 3.63) is 75.1 Å². The Labute approximate surface area is 146 Å². The second kappa shape index (κ2) is 7.10. The Morgan fingerprint density at radius 2 is 2.00 bits per heavy atom. The zero-order valence-corrected chi connectivity index (χ0v) is 13.3. The van der Waals surface area contributed by atoms with Crippen molar-refractivity contribution in [1.29, 1.82) is 0 Å². The van der Waals surface area contributed by atoms with Gasteiger partial charge in [-0.15, -0.1) is 0 Å². The number of non-ortho nitro benzene ring substituents is 1. The van der Waals surface area contributed by atoms with Crippen LogP contribution in [0.4, 0.5) is 5.69 Å². The third kappa shape index (κ3) is 3.81. The zero-order chi connectivity index (χ0) is 17.8. The highest BCUT2D eigenvalue weighted by molar-refractivity contribution is 6.33. The van der Waals surface area contributed by atoms with Crippen molar-refractivity contribution in [1.82, 2.24) is 10.1 Å². The Bertz CT molecular complexity index is 927. The Balaban J connectivity index is 1.67. The van der Waals surface area contributed by atoms with E-state index in [2.05, 4.69) is 10.1 Å². The molecule has 126 valence electrons. The molecule has 0 atom stereocenters. The fourth-order valence-corrected chi connectivity index (χ4v) is 2.26. The Morgan fingerprint density at radius 3 is 2.68 bits per heavy atom. The second-order valence-corrected chi connectivity index (χ2v) is 5.28. The monoisotopic (exact) mass is 359 g/mol. The van der Waals surface area contributed by atoms with Crippen LogP contribution in [0.15, 0.2) is 53.1 Å². The number of nitro benzene ring substituents is 1. The van der Waals surface area contributed by atoms with E-state index in [1.807, 2.05) is 30.3 Å². The van der Waals surface area contributed by atoms with Gasteiger partial charge in [0.1, 0.15) is 0 Å². The van der Waals surface area contributed by atoms with Crippen molar-refractivity contribution in [2.75, 3.05) is 0 Å². The summed E-state index contributed by atoms with van der Waals surface area (Å²) in [6.45, 7) is -0.244. The quantitative estimate of drug-likeness (QED) is 0.388. The predicted octanol–water partition coefficient (Wildman–Crippen LogP) is 3.66. The van der Waals surface area contributed by atoms with Gasteiger partial charge in [-0.2, -0.15) is 4.98 Å². The maximum Gasteiger partial charge on any atom is 0.340 e. The highest BCUT2D eigenvalue weighted by Gasteiger charge is 2.17. The van der Waals surface area contributed by atoms with Crippen LogP contribution >= 0.6 is 11.6 Å². The molecule has 0 radical (unpaired) electrons. The molecule has 2 aromatic carbocycles. The first-order chi connectivity index (χ1) is 12.0. The third-order valence-electron chi connectivity index (χ3n) is 3.21. The highest BCUT2D eigenvalue weighted by atomic mass is 35.5. The van der Waals surface area contributed by atoms with Gasteiger partial charge in [-0.05, 0) is 6.07 Å². The zero-order valence-electron chi connectivity index (χ0n) is 12.6. The molecule has 25 heavy (non-hydrogen) atoms. The van der Waals surface area contributed by atoms with Crippen molar-refractivity contribution in [2.24, 2.45) is 0 Å². The largest absolute Gasteiger partial charge is 0.452 e. The average molecular weight is 360 g/mol. The molecular formula is C16H10ClN3O5. The van der Waals surface area contributed by atoms with E-state index in [4.69, 9.17) is 20.9 Å². The lowest BCUT2D eigenvalue weighted by Crippen LogP contribution is -2.06. The van der Waals surface area contributed by atoms with Gasteiger partial charge in [0.15, 0.2) is 6.61 Å². The first-order valence-electron chi connectivity index (χ1n) is 7.03. The van der Waals surface area contributed by atoms with Crippen LogP contribution in [0.25, 0.3) is 11.4 Å². The van der Waals surface area contributed by atoms with E-state index in [9.17, 15) is 14.9 Å². The number of halogens is 1. The molecule has 3 aromatic rings. The second-order valence-electron chi connectivity index (χ2n) is 4.88. The number of nitrogens with zero attached hydrogens (tertiary/aromatic N) is 3. The molecule has 0 aliphatic heterocycles. The number of carbonyl (C=O) groups excluding carboxylic acids is 1. The van der Waals surface area contributed by atoms with E-state index < -0.39 is 10.9 Å². The molecule has 0 aliphatic carbocycles. The molecular weight excluding hydrogens is 350 g/mol. The molecule has 9 heteroatoms. The van der Waals surface area contributed by atoms with E-state index >= 15 is 0 Å². The molecule has 0 aliphatic rings. The highest BCUT2D eigenvalue weighted by Crippen LogP contribution is 2.23. The van der Waals surface area contributed by atoms with Crippen LogP contribution in [0, 0.1) is 10.1 Å². The maximum absolute atomic E-state index is 12.0. The third-order valence-corrected chi connectivity index (χ3v) is 3.52. The first kappa shape index (κ1) is 16.6. The first-order valence-corrected chi connectivity index (χ1v) is 7.41. The van der Waals surface area contributed by atoms with E-state index in [0.29, 0.717) is 5.82 Å². The minimum atomic E-state index is -0.751. The van der Waals surface area contributed by atoms with Crippen LogP contribution in [-0.4, -0.2) is 21.0 Å². The number of hydrogen-bond donors (Lipinski definition) is 0. The fourth-order valence-electron chi connectivity index (χ4n) is 2.01. The summed E-state index contributed by atoms with van der Waals surface area (Å²) in [4.78, 5) is 26.2. The van der Waals surface area contributed by atoms with Gasteiger partial charge in [0.25, 0.3) is 11.6 Å². The number of ether oxygens (including phenoxy) is 1. The van der Waals surface area contributed by atoms with Gasteiger partial charge in [-0.3, -0.25) is 10.1 Å². The number of aromatic nitrogens is 2. The summed E-state index contributed by atoms with van der Waals surface area (Å²) in [7, 11) is 0. The number of hydrogen-bond acceptors (Lipinski definition) is 7. The smallest absolute Gasteiger partial charge is 0.340 e. The van der Waals surface area contributed by atoms with Gasteiger partial charge in [-0.25, -0.2) is 4.79 Å². The summed E-state index contributed by atoms with van der Waals surface area (Å²) in [5.74, 6) is -0.260. The van der Waals surface area contributed by atoms with E-state index in [-0.39, 0.29) is 28.8 Å². The molecule has 0 fully saturated rings. The molecule has 1 heterocycles. The SMILES string of the molecule is O=C(OCc1nc(-c2ccccc2)no1)c1ccc([N+](=O)[O-])cc1Cl. The molecule has 0 spiro atoms. The standard InChI is InChI=1S/C16H10ClN3O5/c17-13-8-11(20(22)23)6-7-12(13)16(21)24-9-14-18-15(19-25-14)10-4-2-1-3-5-10/h1-8H,9H2. The summed E-state index contributed by atoms with van der Waals surface area (Å²) >= 11 is 5.88. The number of benzene rings is 2. The van der Waals surface area contributed by atoms with Crippen molar-refractivity contribution < 1.29 is 19.0 Å². The van der Waals surface area contributed by atoms with E-state index in [1.54, 1.807) is 0 Å². The summed E-state index contributed by atoms with van der Waals surface area (Å²) < 4.78 is 10.1. The lowest BCUT2D eigenvalue weighted by Gasteiger charge is -2.03. The Hall–Kier alpha value is -3.26. The van der Waals surface area contributed by atoms with Gasteiger partial charge in [0, 0.05) is 17.7 Å². The molecule has 0 saturated carbocycles. The van der Waals surface area contributed by atoms with Crippen LogP contribution in [0.5, 0.6) is 0 Å². The average Bonchev–Trinajstić information content (AvgIpc) is 3.09. The number of esters is 1. The van der Waals surface area contributed by atoms with Gasteiger partial charge in [-0.1, -0.05) is 47.1 Å². The molecule has 0 N–H and O–H groups in total. The normalized spacial score (nSPS) is 10.4. The molecule has 8 nitrogen and oxygen atoms in total. The molecule has 0 unspecified atom stereocenters. The fraction of sp³-hybridized carbons (Fsp3) is 0.0625. The Morgan fingerprint density at radius 1 is 1.24 bits per heavy atom. The summed E-state index contributed by atoms with van der Waals surface area (Å²) in [5, 5.41) is 14.4. The van der Waals surface area contributed by atoms with Crippen LogP contribution in [0.1, 0.15) is 16.2 Å². The molecule has 0 amide bonds. The maximum atomic E-state index is 12.0. The van der Waals surface area contributed by atoms with Crippen LogP contribution in [0.3, 0.4) is 0 Å². The van der Waals surface area contributed by atoms with Gasteiger partial charge in [0.2, 0.25) is 5.82 Å². The van der Waals surface area contributed by atoms with Crippen molar-refractivity contribution >= 4 is 23.3 Å². The van der Waals surface area contributed by atoms with Crippen molar-refractivity contribution in [3.8, 4) is 11.4 Å². The number of carbonyl (C=O) groups is 1. The summed E-state index contributed by atoms with van der Waals surface area (Å²) in [6, 6.07) is 12.6. The molecule has 1 aromatic heterocycles. The van der Waals surface area contributed by atoms with E-state index in [1.165, 1.54) is 12.1 Å². The van der Waals surface area contributed by atoms with Crippen molar-refractivity contribution in [2.45, 2.75) is 6.61 Å². The molecule has 0 bridgehead atoms. The van der Waals surface area contributed by atoms with E-state index in [0.717, 1.165) is 11.6 Å². The van der Waals surface area contributed by atoms with Crippen LogP contribution in [-0.2, 0) is 11.3 Å². The lowest BCUT2D eigenvalue weighted by molar-refractivity contribution is -0.384. The molecule has 3 rings (SSSR count). The minimum Gasteiger partial charge on any atom is -0.452 e. The van der Waals surface area contributed by atoms with Gasteiger partial charge in [0.05, 0.1) is 15.5 Å². The minimum absolute atomic E-state index is 0.00932. The number of rotatable bonds is 5. The lowest BCUT2D eigenvalue weighted by atomic mass is 10.2.